The van der Waals surface area contributed by atoms with Gasteiger partial charge in [0.1, 0.15) is 0 Å². The number of benzene rings is 2. The van der Waals surface area contributed by atoms with Gasteiger partial charge in [0.05, 0.1) is 11.8 Å². The van der Waals surface area contributed by atoms with Crippen LogP contribution in [0.1, 0.15) is 18.5 Å². The predicted octanol–water partition coefficient (Wildman–Crippen LogP) is 3.24. The van der Waals surface area contributed by atoms with E-state index in [-0.39, 0.29) is 11.9 Å². The van der Waals surface area contributed by atoms with Gasteiger partial charge in [-0.1, -0.05) is 30.3 Å². The van der Waals surface area contributed by atoms with Crippen molar-refractivity contribution >= 4 is 23.4 Å². The van der Waals surface area contributed by atoms with Gasteiger partial charge in [-0.15, -0.1) is 11.8 Å². The lowest BCUT2D eigenvalue weighted by molar-refractivity contribution is -0.119. The molecule has 104 valence electrons. The predicted molar refractivity (Wildman–Crippen MR) is 84.6 cm³/mol. The van der Waals surface area contributed by atoms with Gasteiger partial charge in [-0.3, -0.25) is 4.79 Å². The maximum absolute atomic E-state index is 11.9. The summed E-state index contributed by atoms with van der Waals surface area (Å²) < 4.78 is 0. The number of carbonyl (C=O) groups excluding carboxylic acids is 1. The molecule has 0 radical (unpaired) electrons. The topological polar surface area (TPSA) is 55.1 Å². The maximum Gasteiger partial charge on any atom is 0.230 e. The van der Waals surface area contributed by atoms with Crippen molar-refractivity contribution in [3.63, 3.8) is 0 Å². The van der Waals surface area contributed by atoms with Crippen LogP contribution in [0.2, 0.25) is 0 Å². The van der Waals surface area contributed by atoms with E-state index in [1.165, 1.54) is 11.8 Å². The van der Waals surface area contributed by atoms with Crippen LogP contribution in [0.5, 0.6) is 0 Å². The van der Waals surface area contributed by atoms with Crippen molar-refractivity contribution in [1.29, 1.82) is 0 Å². The summed E-state index contributed by atoms with van der Waals surface area (Å²) in [6.07, 6.45) is 0. The molecule has 0 aromatic heterocycles. The summed E-state index contributed by atoms with van der Waals surface area (Å²) in [4.78, 5) is 13.0. The third kappa shape index (κ3) is 4.31. The van der Waals surface area contributed by atoms with Crippen LogP contribution in [0, 0.1) is 0 Å². The quantitative estimate of drug-likeness (QED) is 0.655. The molecule has 0 fully saturated rings. The minimum Gasteiger partial charge on any atom is -0.399 e. The molecule has 1 amide bonds. The summed E-state index contributed by atoms with van der Waals surface area (Å²) in [5, 5.41) is 2.99. The Morgan fingerprint density at radius 1 is 1.15 bits per heavy atom. The first-order valence-electron chi connectivity index (χ1n) is 6.48. The SMILES string of the molecule is CC(NC(=O)CSc1ccccc1)c1ccc(N)cc1. The molecule has 0 aliphatic heterocycles. The van der Waals surface area contributed by atoms with Crippen LogP contribution in [0.4, 0.5) is 5.69 Å². The zero-order valence-electron chi connectivity index (χ0n) is 11.4. The molecule has 3 nitrogen and oxygen atoms in total. The minimum atomic E-state index is -0.0144. The number of anilines is 1. The Morgan fingerprint density at radius 2 is 1.80 bits per heavy atom. The van der Waals surface area contributed by atoms with E-state index in [1.807, 2.05) is 61.5 Å². The number of nitrogen functional groups attached to an aromatic ring is 1. The first-order valence-corrected chi connectivity index (χ1v) is 7.46. The third-order valence-corrected chi connectivity index (χ3v) is 3.94. The molecule has 2 rings (SSSR count). The molecular weight excluding hydrogens is 268 g/mol. The molecule has 4 heteroatoms. The molecule has 0 heterocycles. The zero-order valence-corrected chi connectivity index (χ0v) is 12.2. The van der Waals surface area contributed by atoms with Gasteiger partial charge in [0.2, 0.25) is 5.91 Å². The number of amides is 1. The van der Waals surface area contributed by atoms with E-state index in [0.717, 1.165) is 16.1 Å². The van der Waals surface area contributed by atoms with Crippen LogP contribution < -0.4 is 11.1 Å². The Bertz CT molecular complexity index is 554. The van der Waals surface area contributed by atoms with Crippen molar-refractivity contribution in [2.24, 2.45) is 0 Å². The number of thioether (sulfide) groups is 1. The van der Waals surface area contributed by atoms with Crippen LogP contribution in [0.3, 0.4) is 0 Å². The van der Waals surface area contributed by atoms with Crippen LogP contribution >= 0.6 is 11.8 Å². The monoisotopic (exact) mass is 286 g/mol. The molecule has 0 aliphatic rings. The number of hydrogen-bond acceptors (Lipinski definition) is 3. The van der Waals surface area contributed by atoms with Gasteiger partial charge in [-0.05, 0) is 36.8 Å². The fourth-order valence-corrected chi connectivity index (χ4v) is 2.55. The summed E-state index contributed by atoms with van der Waals surface area (Å²) in [7, 11) is 0. The third-order valence-electron chi connectivity index (χ3n) is 2.93. The highest BCUT2D eigenvalue weighted by atomic mass is 32.2. The Balaban J connectivity index is 1.83. The Hall–Kier alpha value is -1.94. The fourth-order valence-electron chi connectivity index (χ4n) is 1.82. The number of carbonyl (C=O) groups is 1. The highest BCUT2D eigenvalue weighted by Gasteiger charge is 2.09. The lowest BCUT2D eigenvalue weighted by Gasteiger charge is -2.14. The molecular formula is C16H18N2OS. The average Bonchev–Trinajstić information content (AvgIpc) is 2.47. The van der Waals surface area contributed by atoms with Gasteiger partial charge < -0.3 is 11.1 Å². The number of hydrogen-bond donors (Lipinski definition) is 2. The highest BCUT2D eigenvalue weighted by molar-refractivity contribution is 8.00. The Morgan fingerprint density at radius 3 is 2.45 bits per heavy atom. The lowest BCUT2D eigenvalue weighted by atomic mass is 10.1. The number of nitrogens with one attached hydrogen (secondary N) is 1. The molecule has 3 N–H and O–H groups in total. The van der Waals surface area contributed by atoms with E-state index in [0.29, 0.717) is 5.75 Å². The smallest absolute Gasteiger partial charge is 0.230 e. The molecule has 2 aromatic rings. The van der Waals surface area contributed by atoms with Gasteiger partial charge in [0, 0.05) is 10.6 Å². The summed E-state index contributed by atoms with van der Waals surface area (Å²) in [5.41, 5.74) is 7.43. The van der Waals surface area contributed by atoms with Crippen molar-refractivity contribution < 1.29 is 4.79 Å². The maximum atomic E-state index is 11.9. The molecule has 0 saturated carbocycles. The average molecular weight is 286 g/mol. The second-order valence-corrected chi connectivity index (χ2v) is 5.61. The summed E-state index contributed by atoms with van der Waals surface area (Å²) in [6.45, 7) is 1.97. The van der Waals surface area contributed by atoms with Gasteiger partial charge >= 0.3 is 0 Å². The molecule has 1 unspecified atom stereocenters. The number of rotatable bonds is 5. The largest absolute Gasteiger partial charge is 0.399 e. The van der Waals surface area contributed by atoms with Crippen LogP contribution in [-0.2, 0) is 4.79 Å². The lowest BCUT2D eigenvalue weighted by Crippen LogP contribution is -2.28. The molecule has 1 atom stereocenters. The van der Waals surface area contributed by atoms with E-state index in [2.05, 4.69) is 5.32 Å². The van der Waals surface area contributed by atoms with Gasteiger partial charge in [0.25, 0.3) is 0 Å². The molecule has 2 aromatic carbocycles. The highest BCUT2D eigenvalue weighted by Crippen LogP contribution is 2.18. The minimum absolute atomic E-state index is 0.0144. The molecule has 0 spiro atoms. The first-order chi connectivity index (χ1) is 9.65. The molecule has 0 saturated heterocycles. The summed E-state index contributed by atoms with van der Waals surface area (Å²) in [5.74, 6) is 0.451. The molecule has 0 aliphatic carbocycles. The van der Waals surface area contributed by atoms with Crippen molar-refractivity contribution in [1.82, 2.24) is 5.32 Å². The number of nitrogens with two attached hydrogens (primary N) is 1. The van der Waals surface area contributed by atoms with Crippen molar-refractivity contribution in [2.45, 2.75) is 17.9 Å². The Labute approximate surface area is 123 Å². The molecule has 20 heavy (non-hydrogen) atoms. The Kier molecular flexibility index (Phi) is 5.07. The van der Waals surface area contributed by atoms with Crippen molar-refractivity contribution in [2.75, 3.05) is 11.5 Å². The van der Waals surface area contributed by atoms with Crippen LogP contribution in [-0.4, -0.2) is 11.7 Å². The standard InChI is InChI=1S/C16H18N2OS/c1-12(13-7-9-14(17)10-8-13)18-16(19)11-20-15-5-3-2-4-6-15/h2-10,12H,11,17H2,1H3,(H,18,19). The fraction of sp³-hybridized carbons (Fsp3) is 0.188. The van der Waals surface area contributed by atoms with E-state index in [9.17, 15) is 4.79 Å². The van der Waals surface area contributed by atoms with E-state index in [1.54, 1.807) is 0 Å². The second-order valence-electron chi connectivity index (χ2n) is 4.56. The zero-order chi connectivity index (χ0) is 14.4. The molecule has 0 bridgehead atoms. The van der Waals surface area contributed by atoms with Crippen LogP contribution in [0.25, 0.3) is 0 Å². The van der Waals surface area contributed by atoms with E-state index < -0.39 is 0 Å². The van der Waals surface area contributed by atoms with Crippen molar-refractivity contribution in [3.8, 4) is 0 Å². The van der Waals surface area contributed by atoms with Crippen LogP contribution in [0.15, 0.2) is 59.5 Å². The summed E-state index contributed by atoms with van der Waals surface area (Å²) in [6, 6.07) is 17.5. The first kappa shape index (κ1) is 14.5. The van der Waals surface area contributed by atoms with Gasteiger partial charge in [-0.2, -0.15) is 0 Å². The normalized spacial score (nSPS) is 11.8. The second kappa shape index (κ2) is 7.01. The summed E-state index contributed by atoms with van der Waals surface area (Å²) >= 11 is 1.54. The van der Waals surface area contributed by atoms with Gasteiger partial charge in [-0.25, -0.2) is 0 Å². The van der Waals surface area contributed by atoms with E-state index >= 15 is 0 Å². The van der Waals surface area contributed by atoms with Gasteiger partial charge in [0.15, 0.2) is 0 Å². The van der Waals surface area contributed by atoms with E-state index in [4.69, 9.17) is 5.73 Å². The van der Waals surface area contributed by atoms with Crippen molar-refractivity contribution in [3.05, 3.63) is 60.2 Å².